The molecule has 1 N–H and O–H groups in total. The fourth-order valence-electron chi connectivity index (χ4n) is 1.54. The third-order valence-electron chi connectivity index (χ3n) is 2.42. The highest BCUT2D eigenvalue weighted by Gasteiger charge is 2.17. The number of nitrogens with one attached hydrogen (secondary N) is 1. The quantitative estimate of drug-likeness (QED) is 0.895. The number of hydrogen-bond acceptors (Lipinski definition) is 6. The zero-order chi connectivity index (χ0) is 13.9. The van der Waals surface area contributed by atoms with E-state index in [1.807, 2.05) is 17.5 Å². The van der Waals surface area contributed by atoms with Crippen molar-refractivity contribution in [1.29, 1.82) is 0 Å². The molecule has 0 aliphatic carbocycles. The fourth-order valence-corrected chi connectivity index (χ4v) is 3.67. The van der Waals surface area contributed by atoms with E-state index >= 15 is 0 Å². The Balaban J connectivity index is 1.71. The molecule has 2 aromatic rings. The van der Waals surface area contributed by atoms with Gasteiger partial charge >= 0.3 is 0 Å². The number of rotatable bonds is 3. The van der Waals surface area contributed by atoms with Crippen molar-refractivity contribution in [2.45, 2.75) is 0 Å². The molecular weight excluding hydrogens is 364 g/mol. The van der Waals surface area contributed by atoms with Gasteiger partial charge in [-0.05, 0) is 28.1 Å². The van der Waals surface area contributed by atoms with Crippen molar-refractivity contribution in [3.63, 3.8) is 0 Å². The number of hydrogen-bond donors (Lipinski definition) is 1. The van der Waals surface area contributed by atoms with Crippen LogP contribution in [0.15, 0.2) is 33.3 Å². The van der Waals surface area contributed by atoms with Gasteiger partial charge < -0.3 is 9.47 Å². The molecule has 3 heterocycles. The first kappa shape index (κ1) is 13.6. The fraction of sp³-hybridized carbons (Fsp3) is 0.167. The minimum Gasteiger partial charge on any atom is -0.494 e. The van der Waals surface area contributed by atoms with E-state index in [2.05, 4.69) is 26.2 Å². The van der Waals surface area contributed by atoms with Gasteiger partial charge in [0.2, 0.25) is 5.76 Å². The second-order valence-electron chi connectivity index (χ2n) is 3.80. The number of thiazole rings is 1. The Morgan fingerprint density at radius 3 is 3.00 bits per heavy atom. The Hall–Kier alpha value is -1.38. The van der Waals surface area contributed by atoms with E-state index in [-0.39, 0.29) is 11.7 Å². The van der Waals surface area contributed by atoms with Crippen molar-refractivity contribution in [3.05, 3.63) is 33.3 Å². The van der Waals surface area contributed by atoms with Gasteiger partial charge in [0.15, 0.2) is 5.13 Å². The Kier molecular flexibility index (Phi) is 4.04. The summed E-state index contributed by atoms with van der Waals surface area (Å²) >= 11 is 6.38. The van der Waals surface area contributed by atoms with Crippen LogP contribution in [0.3, 0.4) is 0 Å². The van der Waals surface area contributed by atoms with E-state index in [0.717, 1.165) is 14.4 Å². The second kappa shape index (κ2) is 5.94. The molecule has 5 nitrogen and oxygen atoms in total. The number of nitrogens with zero attached hydrogens (tertiary/aromatic N) is 1. The topological polar surface area (TPSA) is 60.5 Å². The molecule has 0 spiro atoms. The summed E-state index contributed by atoms with van der Waals surface area (Å²) in [5.41, 5.74) is 0.843. The number of aromatic nitrogens is 1. The lowest BCUT2D eigenvalue weighted by molar-refractivity contribution is -0.117. The van der Waals surface area contributed by atoms with E-state index in [1.165, 1.54) is 17.6 Å². The number of halogens is 1. The summed E-state index contributed by atoms with van der Waals surface area (Å²) in [6.07, 6.45) is 1.32. The van der Waals surface area contributed by atoms with Crippen molar-refractivity contribution in [1.82, 2.24) is 4.98 Å². The molecule has 1 amide bonds. The lowest BCUT2D eigenvalue weighted by Gasteiger charge is -2.14. The standard InChI is InChI=1S/C12H9BrN2O3S2/c13-10-2-1-9(20-10)7-6-19-12(14-7)15-11(16)8-5-17-3-4-18-8/h1-2,5-6H,3-4H2,(H,14,15,16). The third-order valence-corrected chi connectivity index (χ3v) is 4.83. The summed E-state index contributed by atoms with van der Waals surface area (Å²) in [6.45, 7) is 0.844. The molecule has 0 saturated carbocycles. The van der Waals surface area contributed by atoms with Crippen molar-refractivity contribution >= 4 is 49.6 Å². The summed E-state index contributed by atoms with van der Waals surface area (Å²) in [5, 5.41) is 5.13. The normalized spacial score (nSPS) is 14.2. The number of amides is 1. The van der Waals surface area contributed by atoms with Crippen LogP contribution in [-0.2, 0) is 14.3 Å². The molecule has 0 aromatic carbocycles. The molecule has 8 heteroatoms. The van der Waals surface area contributed by atoms with Crippen molar-refractivity contribution in [2.24, 2.45) is 0 Å². The number of thiophene rings is 1. The molecule has 104 valence electrons. The summed E-state index contributed by atoms with van der Waals surface area (Å²) < 4.78 is 11.3. The molecule has 0 unspecified atom stereocenters. The highest BCUT2D eigenvalue weighted by atomic mass is 79.9. The zero-order valence-electron chi connectivity index (χ0n) is 10.1. The molecule has 0 atom stereocenters. The maximum Gasteiger partial charge on any atom is 0.295 e. The molecule has 0 radical (unpaired) electrons. The zero-order valence-corrected chi connectivity index (χ0v) is 13.3. The van der Waals surface area contributed by atoms with Gasteiger partial charge in [-0.15, -0.1) is 22.7 Å². The van der Waals surface area contributed by atoms with Crippen LogP contribution >= 0.6 is 38.6 Å². The van der Waals surface area contributed by atoms with E-state index in [0.29, 0.717) is 18.3 Å². The van der Waals surface area contributed by atoms with Gasteiger partial charge in [0.1, 0.15) is 19.5 Å². The first-order valence-corrected chi connectivity index (χ1v) is 8.18. The van der Waals surface area contributed by atoms with Crippen molar-refractivity contribution in [2.75, 3.05) is 18.5 Å². The van der Waals surface area contributed by atoms with Gasteiger partial charge in [-0.25, -0.2) is 4.98 Å². The van der Waals surface area contributed by atoms with Crippen LogP contribution in [0.25, 0.3) is 10.6 Å². The summed E-state index contributed by atoms with van der Waals surface area (Å²) in [4.78, 5) is 17.3. The predicted octanol–water partition coefficient (Wildman–Crippen LogP) is 3.46. The van der Waals surface area contributed by atoms with Gasteiger partial charge in [-0.3, -0.25) is 10.1 Å². The monoisotopic (exact) mass is 372 g/mol. The molecule has 20 heavy (non-hydrogen) atoms. The SMILES string of the molecule is O=C(Nc1nc(-c2ccc(Br)s2)cs1)C1=COCCO1. The van der Waals surface area contributed by atoms with E-state index in [4.69, 9.17) is 9.47 Å². The van der Waals surface area contributed by atoms with E-state index < -0.39 is 0 Å². The Labute approximate surface area is 131 Å². The highest BCUT2D eigenvalue weighted by Crippen LogP contribution is 2.33. The molecule has 3 rings (SSSR count). The summed E-state index contributed by atoms with van der Waals surface area (Å²) in [5.74, 6) is -0.176. The first-order chi connectivity index (χ1) is 9.72. The van der Waals surface area contributed by atoms with Crippen LogP contribution in [0.5, 0.6) is 0 Å². The van der Waals surface area contributed by atoms with Gasteiger partial charge in [-0.2, -0.15) is 0 Å². The molecule has 0 saturated heterocycles. The average molecular weight is 373 g/mol. The number of anilines is 1. The van der Waals surface area contributed by atoms with Crippen LogP contribution in [-0.4, -0.2) is 24.1 Å². The van der Waals surface area contributed by atoms with Crippen LogP contribution in [0, 0.1) is 0 Å². The Morgan fingerprint density at radius 2 is 2.30 bits per heavy atom. The van der Waals surface area contributed by atoms with E-state index in [1.54, 1.807) is 11.3 Å². The number of carbonyl (C=O) groups excluding carboxylic acids is 1. The first-order valence-electron chi connectivity index (χ1n) is 5.69. The lowest BCUT2D eigenvalue weighted by Crippen LogP contribution is -2.21. The van der Waals surface area contributed by atoms with Crippen molar-refractivity contribution < 1.29 is 14.3 Å². The molecular formula is C12H9BrN2O3S2. The predicted molar refractivity (Wildman–Crippen MR) is 81.7 cm³/mol. The number of carbonyl (C=O) groups is 1. The van der Waals surface area contributed by atoms with Crippen LogP contribution in [0.2, 0.25) is 0 Å². The van der Waals surface area contributed by atoms with Crippen LogP contribution < -0.4 is 5.32 Å². The third kappa shape index (κ3) is 3.02. The average Bonchev–Trinajstić information content (AvgIpc) is 3.09. The lowest BCUT2D eigenvalue weighted by atomic mass is 10.4. The molecule has 2 aromatic heterocycles. The van der Waals surface area contributed by atoms with Crippen LogP contribution in [0.1, 0.15) is 0 Å². The second-order valence-corrected chi connectivity index (χ2v) is 7.12. The minimum absolute atomic E-state index is 0.173. The Morgan fingerprint density at radius 1 is 1.40 bits per heavy atom. The van der Waals surface area contributed by atoms with Crippen molar-refractivity contribution in [3.8, 4) is 10.6 Å². The van der Waals surface area contributed by atoms with E-state index in [9.17, 15) is 4.79 Å². The highest BCUT2D eigenvalue weighted by molar-refractivity contribution is 9.11. The van der Waals surface area contributed by atoms with Gasteiger partial charge in [0.05, 0.1) is 14.4 Å². The summed E-state index contributed by atoms with van der Waals surface area (Å²) in [6, 6.07) is 3.95. The maximum atomic E-state index is 11.9. The van der Waals surface area contributed by atoms with Gasteiger partial charge in [-0.1, -0.05) is 0 Å². The summed E-state index contributed by atoms with van der Waals surface area (Å²) in [7, 11) is 0. The smallest absolute Gasteiger partial charge is 0.295 e. The minimum atomic E-state index is -0.349. The molecule has 1 aliphatic heterocycles. The van der Waals surface area contributed by atoms with Gasteiger partial charge in [0.25, 0.3) is 5.91 Å². The Bertz CT molecular complexity index is 665. The maximum absolute atomic E-state index is 11.9. The van der Waals surface area contributed by atoms with Gasteiger partial charge in [0, 0.05) is 5.38 Å². The van der Waals surface area contributed by atoms with Crippen LogP contribution in [0.4, 0.5) is 5.13 Å². The molecule has 0 bridgehead atoms. The molecule has 0 fully saturated rings. The largest absolute Gasteiger partial charge is 0.494 e. The molecule has 1 aliphatic rings. The number of ether oxygens (including phenoxy) is 2.